The van der Waals surface area contributed by atoms with Crippen LogP contribution in [0.3, 0.4) is 0 Å². The second-order valence-corrected chi connectivity index (χ2v) is 4.06. The monoisotopic (exact) mass is 296 g/mol. The predicted molar refractivity (Wildman–Crippen MR) is 65.8 cm³/mol. The van der Waals surface area contributed by atoms with Crippen LogP contribution in [0.1, 0.15) is 21.5 Å². The fourth-order valence-electron chi connectivity index (χ4n) is 1.73. The Morgan fingerprint density at radius 1 is 1.24 bits per heavy atom. The highest BCUT2D eigenvalue weighted by atomic mass is 19.4. The van der Waals surface area contributed by atoms with Gasteiger partial charge >= 0.3 is 6.18 Å². The molecule has 0 aliphatic heterocycles. The molecular formula is C13H7F3N2O3. The predicted octanol–water partition coefficient (Wildman–Crippen LogP) is 3.24. The lowest BCUT2D eigenvalue weighted by Crippen LogP contribution is -2.14. The van der Waals surface area contributed by atoms with E-state index in [1.807, 2.05) is 0 Å². The number of hydrogen-bond donors (Lipinski definition) is 0. The smallest absolute Gasteiger partial charge is 0.289 e. The minimum atomic E-state index is -4.88. The fraction of sp³-hybridized carbons (Fsp3) is 0.0769. The van der Waals surface area contributed by atoms with Crippen LogP contribution in [0.15, 0.2) is 42.7 Å². The van der Waals surface area contributed by atoms with E-state index in [1.165, 1.54) is 18.3 Å². The largest absolute Gasteiger partial charge is 0.417 e. The molecule has 8 heteroatoms. The SMILES string of the molecule is O=C(c1cccnc1)c1ccc([N+](=O)[O-])cc1C(F)(F)F. The van der Waals surface area contributed by atoms with Gasteiger partial charge in [-0.05, 0) is 18.2 Å². The summed E-state index contributed by atoms with van der Waals surface area (Å²) >= 11 is 0. The van der Waals surface area contributed by atoms with Crippen LogP contribution in [0.25, 0.3) is 0 Å². The first kappa shape index (κ1) is 14.6. The van der Waals surface area contributed by atoms with Gasteiger partial charge in [-0.15, -0.1) is 0 Å². The zero-order valence-electron chi connectivity index (χ0n) is 10.3. The number of carbonyl (C=O) groups excluding carboxylic acids is 1. The number of nitro groups is 1. The van der Waals surface area contributed by atoms with E-state index in [9.17, 15) is 28.1 Å². The third-order valence-electron chi connectivity index (χ3n) is 2.69. The van der Waals surface area contributed by atoms with Crippen molar-refractivity contribution in [3.05, 3.63) is 69.5 Å². The number of rotatable bonds is 3. The van der Waals surface area contributed by atoms with E-state index in [0.29, 0.717) is 6.07 Å². The Morgan fingerprint density at radius 2 is 1.95 bits per heavy atom. The van der Waals surface area contributed by atoms with Gasteiger partial charge in [0.15, 0.2) is 5.78 Å². The van der Waals surface area contributed by atoms with Gasteiger partial charge in [-0.3, -0.25) is 19.9 Å². The molecule has 5 nitrogen and oxygen atoms in total. The maximum atomic E-state index is 13.0. The number of ketones is 1. The molecule has 108 valence electrons. The van der Waals surface area contributed by atoms with Gasteiger partial charge in [0.2, 0.25) is 0 Å². The van der Waals surface area contributed by atoms with Gasteiger partial charge in [0.25, 0.3) is 5.69 Å². The number of non-ortho nitro benzene ring substituents is 1. The summed E-state index contributed by atoms with van der Waals surface area (Å²) in [5.74, 6) is -0.898. The highest BCUT2D eigenvalue weighted by Crippen LogP contribution is 2.35. The Bertz CT molecular complexity index is 700. The highest BCUT2D eigenvalue weighted by molar-refractivity contribution is 6.10. The molecule has 0 atom stereocenters. The lowest BCUT2D eigenvalue weighted by molar-refractivity contribution is -0.385. The lowest BCUT2D eigenvalue weighted by Gasteiger charge is -2.11. The van der Waals surface area contributed by atoms with Crippen molar-refractivity contribution in [3.8, 4) is 0 Å². The number of aromatic nitrogens is 1. The van der Waals surface area contributed by atoms with Crippen LogP contribution >= 0.6 is 0 Å². The topological polar surface area (TPSA) is 73.1 Å². The molecule has 0 amide bonds. The van der Waals surface area contributed by atoms with Crippen LogP contribution in [0.2, 0.25) is 0 Å². The summed E-state index contributed by atoms with van der Waals surface area (Å²) < 4.78 is 38.9. The Morgan fingerprint density at radius 3 is 2.48 bits per heavy atom. The van der Waals surface area contributed by atoms with Crippen molar-refractivity contribution < 1.29 is 22.9 Å². The fourth-order valence-corrected chi connectivity index (χ4v) is 1.73. The molecule has 1 aromatic heterocycles. The van der Waals surface area contributed by atoms with Crippen molar-refractivity contribution in [2.24, 2.45) is 0 Å². The minimum absolute atomic E-state index is 0.0307. The second kappa shape index (κ2) is 5.31. The molecule has 0 aliphatic rings. The highest BCUT2D eigenvalue weighted by Gasteiger charge is 2.37. The number of hydrogen-bond acceptors (Lipinski definition) is 4. The number of alkyl halides is 3. The van der Waals surface area contributed by atoms with Crippen molar-refractivity contribution in [2.45, 2.75) is 6.18 Å². The quantitative estimate of drug-likeness (QED) is 0.495. The number of nitro benzene ring substituents is 1. The molecule has 0 unspecified atom stereocenters. The molecule has 0 N–H and O–H groups in total. The van der Waals surface area contributed by atoms with Crippen molar-refractivity contribution in [1.29, 1.82) is 0 Å². The Balaban J connectivity index is 2.58. The molecule has 0 radical (unpaired) electrons. The van der Waals surface area contributed by atoms with Crippen LogP contribution in [-0.2, 0) is 6.18 Å². The molecule has 0 saturated carbocycles. The molecule has 21 heavy (non-hydrogen) atoms. The van der Waals surface area contributed by atoms with E-state index < -0.39 is 33.7 Å². The third-order valence-corrected chi connectivity index (χ3v) is 2.69. The molecule has 1 aromatic carbocycles. The zero-order chi connectivity index (χ0) is 15.6. The van der Waals surface area contributed by atoms with E-state index >= 15 is 0 Å². The van der Waals surface area contributed by atoms with E-state index in [2.05, 4.69) is 4.98 Å². The summed E-state index contributed by atoms with van der Waals surface area (Å²) in [6, 6.07) is 4.74. The van der Waals surface area contributed by atoms with Gasteiger partial charge in [0.1, 0.15) is 0 Å². The summed E-state index contributed by atoms with van der Waals surface area (Å²) in [4.78, 5) is 25.4. The van der Waals surface area contributed by atoms with Crippen LogP contribution in [0, 0.1) is 10.1 Å². The van der Waals surface area contributed by atoms with Gasteiger partial charge in [-0.1, -0.05) is 0 Å². The summed E-state index contributed by atoms with van der Waals surface area (Å²) in [5, 5.41) is 10.6. The molecule has 0 saturated heterocycles. The summed E-state index contributed by atoms with van der Waals surface area (Å²) in [5.41, 5.74) is -2.76. The van der Waals surface area contributed by atoms with E-state index in [4.69, 9.17) is 0 Å². The number of benzene rings is 1. The van der Waals surface area contributed by atoms with E-state index in [1.54, 1.807) is 0 Å². The van der Waals surface area contributed by atoms with Crippen molar-refractivity contribution >= 4 is 11.5 Å². The number of halogens is 3. The Hall–Kier alpha value is -2.77. The summed E-state index contributed by atoms with van der Waals surface area (Å²) in [6.45, 7) is 0. The van der Waals surface area contributed by atoms with Crippen LogP contribution in [-0.4, -0.2) is 15.7 Å². The van der Waals surface area contributed by atoms with Gasteiger partial charge in [0.05, 0.1) is 10.5 Å². The molecule has 0 fully saturated rings. The average molecular weight is 296 g/mol. The Labute approximate surface area is 116 Å². The Kier molecular flexibility index (Phi) is 3.70. The number of pyridine rings is 1. The van der Waals surface area contributed by atoms with E-state index in [-0.39, 0.29) is 5.56 Å². The van der Waals surface area contributed by atoms with Crippen LogP contribution in [0.5, 0.6) is 0 Å². The molecule has 2 rings (SSSR count). The van der Waals surface area contributed by atoms with Crippen LogP contribution in [0.4, 0.5) is 18.9 Å². The average Bonchev–Trinajstić information content (AvgIpc) is 2.46. The minimum Gasteiger partial charge on any atom is -0.289 e. The van der Waals surface area contributed by atoms with Crippen molar-refractivity contribution in [2.75, 3.05) is 0 Å². The van der Waals surface area contributed by atoms with E-state index in [0.717, 1.165) is 18.3 Å². The summed E-state index contributed by atoms with van der Waals surface area (Å²) in [7, 11) is 0. The van der Waals surface area contributed by atoms with Crippen LogP contribution < -0.4 is 0 Å². The number of nitrogens with zero attached hydrogens (tertiary/aromatic N) is 2. The van der Waals surface area contributed by atoms with Gasteiger partial charge < -0.3 is 0 Å². The molecular weight excluding hydrogens is 289 g/mol. The maximum absolute atomic E-state index is 13.0. The molecule has 0 bridgehead atoms. The lowest BCUT2D eigenvalue weighted by atomic mass is 9.98. The van der Waals surface area contributed by atoms with Gasteiger partial charge in [-0.2, -0.15) is 13.2 Å². The van der Waals surface area contributed by atoms with Gasteiger partial charge in [0, 0.05) is 35.7 Å². The molecule has 1 heterocycles. The van der Waals surface area contributed by atoms with Gasteiger partial charge in [-0.25, -0.2) is 0 Å². The zero-order valence-corrected chi connectivity index (χ0v) is 10.3. The first-order valence-corrected chi connectivity index (χ1v) is 5.61. The summed E-state index contributed by atoms with van der Waals surface area (Å²) in [6.07, 6.45) is -2.37. The molecule has 2 aromatic rings. The standard InChI is InChI=1S/C13H7F3N2O3/c14-13(15,16)11-6-9(18(20)21)3-4-10(11)12(19)8-2-1-5-17-7-8/h1-7H. The maximum Gasteiger partial charge on any atom is 0.417 e. The first-order chi connectivity index (χ1) is 9.80. The normalized spacial score (nSPS) is 11.2. The number of carbonyl (C=O) groups is 1. The first-order valence-electron chi connectivity index (χ1n) is 5.61. The third kappa shape index (κ3) is 3.04. The van der Waals surface area contributed by atoms with Crippen molar-refractivity contribution in [1.82, 2.24) is 4.98 Å². The molecule has 0 aliphatic carbocycles. The second-order valence-electron chi connectivity index (χ2n) is 4.06. The van der Waals surface area contributed by atoms with Crippen molar-refractivity contribution in [3.63, 3.8) is 0 Å². The molecule has 0 spiro atoms.